The molecule has 30 heavy (non-hydrogen) atoms. The van der Waals surface area contributed by atoms with Gasteiger partial charge in [0.2, 0.25) is 15.9 Å². The van der Waals surface area contributed by atoms with Crippen molar-refractivity contribution in [1.29, 1.82) is 0 Å². The van der Waals surface area contributed by atoms with Crippen LogP contribution in [0.15, 0.2) is 42.5 Å². The minimum Gasteiger partial charge on any atom is -0.494 e. The number of nitrogens with zero attached hydrogens (tertiary/aromatic N) is 1. The number of ether oxygens (including phenoxy) is 3. The number of methoxy groups -OCH3 is 2. The van der Waals surface area contributed by atoms with E-state index in [1.807, 2.05) is 6.92 Å². The van der Waals surface area contributed by atoms with E-state index in [2.05, 4.69) is 5.32 Å². The first-order chi connectivity index (χ1) is 14.3. The van der Waals surface area contributed by atoms with Gasteiger partial charge in [-0.2, -0.15) is 0 Å². The minimum atomic E-state index is -3.49. The lowest BCUT2D eigenvalue weighted by Crippen LogP contribution is -2.31. The number of rotatable bonds is 11. The lowest BCUT2D eigenvalue weighted by atomic mass is 10.2. The predicted molar refractivity (Wildman–Crippen MR) is 117 cm³/mol. The van der Waals surface area contributed by atoms with Crippen molar-refractivity contribution >= 4 is 27.3 Å². The molecule has 0 atom stereocenters. The van der Waals surface area contributed by atoms with E-state index >= 15 is 0 Å². The van der Waals surface area contributed by atoms with E-state index in [1.54, 1.807) is 42.5 Å². The molecule has 2 rings (SSSR count). The van der Waals surface area contributed by atoms with Crippen molar-refractivity contribution in [3.05, 3.63) is 42.5 Å². The van der Waals surface area contributed by atoms with Gasteiger partial charge >= 0.3 is 0 Å². The number of sulfonamides is 1. The highest BCUT2D eigenvalue weighted by Crippen LogP contribution is 2.29. The summed E-state index contributed by atoms with van der Waals surface area (Å²) in [5, 5.41) is 2.78. The molecule has 2 aromatic carbocycles. The number of carbonyl (C=O) groups excluding carboxylic acids is 1. The van der Waals surface area contributed by atoms with E-state index in [0.29, 0.717) is 41.7 Å². The molecule has 1 amide bonds. The topological polar surface area (TPSA) is 94.2 Å². The standard InChI is InChI=1S/C21H28N2O6S/c1-5-29-18-11-9-17(10-12-18)23(30(4,25)26)14-6-7-21(24)22-16-8-13-19(27-2)20(15-16)28-3/h8-13,15H,5-7,14H2,1-4H3,(H,22,24). The van der Waals surface area contributed by atoms with Crippen LogP contribution in [0.25, 0.3) is 0 Å². The Morgan fingerprint density at radius 2 is 1.70 bits per heavy atom. The van der Waals surface area contributed by atoms with Crippen LogP contribution in [0, 0.1) is 0 Å². The Hall–Kier alpha value is -2.94. The molecule has 0 aliphatic carbocycles. The van der Waals surface area contributed by atoms with E-state index in [1.165, 1.54) is 18.5 Å². The summed E-state index contributed by atoms with van der Waals surface area (Å²) >= 11 is 0. The van der Waals surface area contributed by atoms with Gasteiger partial charge in [0, 0.05) is 24.7 Å². The smallest absolute Gasteiger partial charge is 0.232 e. The number of hydrogen-bond donors (Lipinski definition) is 1. The number of carbonyl (C=O) groups is 1. The van der Waals surface area contributed by atoms with E-state index in [-0.39, 0.29) is 18.9 Å². The molecule has 0 fully saturated rings. The molecule has 8 nitrogen and oxygen atoms in total. The lowest BCUT2D eigenvalue weighted by Gasteiger charge is -2.22. The summed E-state index contributed by atoms with van der Waals surface area (Å²) in [4.78, 5) is 12.3. The summed E-state index contributed by atoms with van der Waals surface area (Å²) < 4.78 is 41.5. The second-order valence-corrected chi connectivity index (χ2v) is 8.39. The van der Waals surface area contributed by atoms with Crippen LogP contribution >= 0.6 is 0 Å². The van der Waals surface area contributed by atoms with E-state index in [0.717, 1.165) is 6.26 Å². The zero-order chi connectivity index (χ0) is 22.1. The molecular weight excluding hydrogens is 408 g/mol. The molecule has 0 spiro atoms. The first-order valence-corrected chi connectivity index (χ1v) is 11.4. The van der Waals surface area contributed by atoms with Crippen molar-refractivity contribution in [2.75, 3.05) is 43.2 Å². The maximum atomic E-state index is 12.3. The fraction of sp³-hybridized carbons (Fsp3) is 0.381. The van der Waals surface area contributed by atoms with Crippen LogP contribution < -0.4 is 23.8 Å². The zero-order valence-electron chi connectivity index (χ0n) is 17.7. The summed E-state index contributed by atoms with van der Waals surface area (Å²) in [7, 11) is -0.433. The van der Waals surface area contributed by atoms with E-state index in [4.69, 9.17) is 14.2 Å². The Morgan fingerprint density at radius 3 is 2.27 bits per heavy atom. The average Bonchev–Trinajstić information content (AvgIpc) is 2.71. The maximum absolute atomic E-state index is 12.3. The highest BCUT2D eigenvalue weighted by Gasteiger charge is 2.18. The fourth-order valence-corrected chi connectivity index (χ4v) is 3.85. The van der Waals surface area contributed by atoms with Gasteiger partial charge in [0.1, 0.15) is 5.75 Å². The van der Waals surface area contributed by atoms with Gasteiger partial charge in [-0.15, -0.1) is 0 Å². The molecule has 0 aliphatic rings. The van der Waals surface area contributed by atoms with Gasteiger partial charge in [-0.05, 0) is 49.7 Å². The molecule has 1 N–H and O–H groups in total. The second-order valence-electron chi connectivity index (χ2n) is 6.48. The summed E-state index contributed by atoms with van der Waals surface area (Å²) in [6, 6.07) is 11.9. The van der Waals surface area contributed by atoms with Crippen LogP contribution in [0.4, 0.5) is 11.4 Å². The number of amides is 1. The molecule has 0 radical (unpaired) electrons. The van der Waals surface area contributed by atoms with Gasteiger partial charge in [0.05, 0.1) is 32.8 Å². The monoisotopic (exact) mass is 436 g/mol. The first kappa shape index (κ1) is 23.3. The first-order valence-electron chi connectivity index (χ1n) is 9.51. The van der Waals surface area contributed by atoms with Crippen LogP contribution in [-0.2, 0) is 14.8 Å². The number of anilines is 2. The molecule has 0 unspecified atom stereocenters. The Kier molecular flexibility index (Phi) is 8.35. The maximum Gasteiger partial charge on any atom is 0.232 e. The Morgan fingerprint density at radius 1 is 1.03 bits per heavy atom. The fourth-order valence-electron chi connectivity index (χ4n) is 2.88. The third-order valence-electron chi connectivity index (χ3n) is 4.27. The van der Waals surface area contributed by atoms with Crippen LogP contribution in [-0.4, -0.2) is 48.0 Å². The SMILES string of the molecule is CCOc1ccc(N(CCCC(=O)Nc2ccc(OC)c(OC)c2)S(C)(=O)=O)cc1. The zero-order valence-corrected chi connectivity index (χ0v) is 18.5. The molecule has 0 aromatic heterocycles. The van der Waals surface area contributed by atoms with Crippen LogP contribution in [0.2, 0.25) is 0 Å². The number of benzene rings is 2. The quantitative estimate of drug-likeness (QED) is 0.581. The molecule has 0 saturated heterocycles. The van der Waals surface area contributed by atoms with Crippen molar-refractivity contribution in [1.82, 2.24) is 0 Å². The summed E-state index contributed by atoms with van der Waals surface area (Å²) in [6.07, 6.45) is 1.67. The third-order valence-corrected chi connectivity index (χ3v) is 5.46. The van der Waals surface area contributed by atoms with Gasteiger partial charge in [0.15, 0.2) is 11.5 Å². The molecule has 0 bridgehead atoms. The van der Waals surface area contributed by atoms with Crippen molar-refractivity contribution in [2.24, 2.45) is 0 Å². The summed E-state index contributed by atoms with van der Waals surface area (Å²) in [5.41, 5.74) is 1.10. The highest BCUT2D eigenvalue weighted by atomic mass is 32.2. The van der Waals surface area contributed by atoms with E-state index < -0.39 is 10.0 Å². The Bertz CT molecular complexity index is 944. The van der Waals surface area contributed by atoms with Crippen molar-refractivity contribution in [3.8, 4) is 17.2 Å². The molecule has 164 valence electrons. The van der Waals surface area contributed by atoms with Crippen LogP contribution in [0.1, 0.15) is 19.8 Å². The largest absolute Gasteiger partial charge is 0.494 e. The predicted octanol–water partition coefficient (Wildman–Crippen LogP) is 3.29. The van der Waals surface area contributed by atoms with Gasteiger partial charge in [-0.1, -0.05) is 0 Å². The molecular formula is C21H28N2O6S. The Labute approximate surface area is 177 Å². The second kappa shape index (κ2) is 10.7. The Balaban J connectivity index is 1.97. The van der Waals surface area contributed by atoms with Crippen LogP contribution in [0.3, 0.4) is 0 Å². The van der Waals surface area contributed by atoms with Crippen molar-refractivity contribution in [3.63, 3.8) is 0 Å². The molecule has 0 heterocycles. The van der Waals surface area contributed by atoms with Gasteiger partial charge in [-0.3, -0.25) is 9.10 Å². The lowest BCUT2D eigenvalue weighted by molar-refractivity contribution is -0.116. The molecule has 2 aromatic rings. The number of nitrogens with one attached hydrogen (secondary N) is 1. The minimum absolute atomic E-state index is 0.164. The van der Waals surface area contributed by atoms with Gasteiger partial charge in [0.25, 0.3) is 0 Å². The number of hydrogen-bond acceptors (Lipinski definition) is 6. The van der Waals surface area contributed by atoms with Crippen LogP contribution in [0.5, 0.6) is 17.2 Å². The summed E-state index contributed by atoms with van der Waals surface area (Å²) in [5.74, 6) is 1.52. The third kappa shape index (κ3) is 6.55. The van der Waals surface area contributed by atoms with Crippen molar-refractivity contribution < 1.29 is 27.4 Å². The van der Waals surface area contributed by atoms with Gasteiger partial charge in [-0.25, -0.2) is 8.42 Å². The van der Waals surface area contributed by atoms with E-state index in [9.17, 15) is 13.2 Å². The highest BCUT2D eigenvalue weighted by molar-refractivity contribution is 7.92. The average molecular weight is 437 g/mol. The molecule has 0 saturated carbocycles. The summed E-state index contributed by atoms with van der Waals surface area (Å²) in [6.45, 7) is 2.60. The normalized spacial score (nSPS) is 10.9. The molecule has 9 heteroatoms. The van der Waals surface area contributed by atoms with Gasteiger partial charge < -0.3 is 19.5 Å². The molecule has 0 aliphatic heterocycles. The van der Waals surface area contributed by atoms with Crippen molar-refractivity contribution in [2.45, 2.75) is 19.8 Å².